The summed E-state index contributed by atoms with van der Waals surface area (Å²) in [6, 6.07) is 1.64. The molecule has 1 heterocycles. The molecule has 0 unspecified atom stereocenters. The van der Waals surface area contributed by atoms with Crippen LogP contribution in [-0.4, -0.2) is 29.7 Å². The number of ether oxygens (including phenoxy) is 1. The van der Waals surface area contributed by atoms with Gasteiger partial charge in [-0.2, -0.15) is 0 Å². The van der Waals surface area contributed by atoms with Crippen molar-refractivity contribution in [2.75, 3.05) is 6.61 Å². The third-order valence-electron chi connectivity index (χ3n) is 4.22. The van der Waals surface area contributed by atoms with Gasteiger partial charge in [-0.25, -0.2) is 4.79 Å². The molecule has 0 aliphatic heterocycles. The molecule has 1 fully saturated rings. The molecule has 0 bridgehead atoms. The molecule has 1 aliphatic carbocycles. The van der Waals surface area contributed by atoms with Crippen molar-refractivity contribution in [3.8, 4) is 0 Å². The molecule has 21 heavy (non-hydrogen) atoms. The van der Waals surface area contributed by atoms with E-state index in [-0.39, 0.29) is 24.3 Å². The van der Waals surface area contributed by atoms with Gasteiger partial charge in [0.15, 0.2) is 6.61 Å². The van der Waals surface area contributed by atoms with E-state index in [0.29, 0.717) is 17.5 Å². The van der Waals surface area contributed by atoms with Gasteiger partial charge in [0, 0.05) is 12.1 Å². The van der Waals surface area contributed by atoms with Crippen molar-refractivity contribution in [1.29, 1.82) is 0 Å². The predicted octanol–water partition coefficient (Wildman–Crippen LogP) is 2.08. The Morgan fingerprint density at radius 1 is 1.43 bits per heavy atom. The lowest BCUT2D eigenvalue weighted by Gasteiger charge is -2.34. The fourth-order valence-corrected chi connectivity index (χ4v) is 2.70. The molecule has 0 aromatic carbocycles. The molecule has 3 atom stereocenters. The molecule has 6 nitrogen and oxygen atoms in total. The molecule has 0 spiro atoms. The molecule has 1 aromatic heterocycles. The maximum absolute atomic E-state index is 11.9. The number of hydrogen-bond donors (Lipinski definition) is 1. The number of esters is 1. The Hall–Kier alpha value is -1.85. The van der Waals surface area contributed by atoms with E-state index in [0.717, 1.165) is 12.8 Å². The Morgan fingerprint density at radius 2 is 2.19 bits per heavy atom. The zero-order valence-electron chi connectivity index (χ0n) is 12.7. The highest BCUT2D eigenvalue weighted by Gasteiger charge is 2.28. The van der Waals surface area contributed by atoms with Gasteiger partial charge in [-0.3, -0.25) is 4.79 Å². The van der Waals surface area contributed by atoms with Crippen molar-refractivity contribution >= 4 is 11.9 Å². The Kier molecular flexibility index (Phi) is 4.98. The number of rotatable bonds is 4. The summed E-state index contributed by atoms with van der Waals surface area (Å²) in [4.78, 5) is 23.5. The first-order valence-electron chi connectivity index (χ1n) is 7.37. The quantitative estimate of drug-likeness (QED) is 0.860. The molecule has 6 heteroatoms. The Morgan fingerprint density at radius 3 is 2.86 bits per heavy atom. The topological polar surface area (TPSA) is 81.4 Å². The largest absolute Gasteiger partial charge is 0.450 e. The average molecular weight is 294 g/mol. The summed E-state index contributed by atoms with van der Waals surface area (Å²) < 4.78 is 9.71. The molecule has 1 aliphatic rings. The highest BCUT2D eigenvalue weighted by Crippen LogP contribution is 2.29. The minimum Gasteiger partial charge on any atom is -0.450 e. The van der Waals surface area contributed by atoms with Crippen molar-refractivity contribution < 1.29 is 18.8 Å². The van der Waals surface area contributed by atoms with Crippen LogP contribution in [0.15, 0.2) is 10.6 Å². The van der Waals surface area contributed by atoms with Crippen LogP contribution >= 0.6 is 0 Å². The van der Waals surface area contributed by atoms with Gasteiger partial charge in [0.05, 0.1) is 5.69 Å². The number of carbonyl (C=O) groups excluding carboxylic acids is 2. The number of aromatic nitrogens is 1. The Bertz CT molecular complexity index is 512. The predicted molar refractivity (Wildman–Crippen MR) is 75.6 cm³/mol. The zero-order chi connectivity index (χ0) is 15.4. The second-order valence-corrected chi connectivity index (χ2v) is 5.85. The molecular formula is C15H22N2O4. The van der Waals surface area contributed by atoms with Crippen LogP contribution in [0.25, 0.3) is 0 Å². The van der Waals surface area contributed by atoms with Gasteiger partial charge in [-0.1, -0.05) is 31.8 Å². The first kappa shape index (κ1) is 15.5. The van der Waals surface area contributed by atoms with Crippen molar-refractivity contribution in [3.63, 3.8) is 0 Å². The third-order valence-corrected chi connectivity index (χ3v) is 4.22. The summed E-state index contributed by atoms with van der Waals surface area (Å²) in [6.45, 7) is 5.77. The summed E-state index contributed by atoms with van der Waals surface area (Å²) in [5.74, 6) is 0.111. The lowest BCUT2D eigenvalue weighted by atomic mass is 9.78. The van der Waals surface area contributed by atoms with E-state index in [2.05, 4.69) is 24.3 Å². The van der Waals surface area contributed by atoms with Gasteiger partial charge in [0.1, 0.15) is 0 Å². The van der Waals surface area contributed by atoms with E-state index < -0.39 is 5.97 Å². The SMILES string of the molecule is Cc1cc(C(=O)OCC(=O)N[C@@H]2CCC[C@@H](C)[C@@H]2C)on1. The van der Waals surface area contributed by atoms with Crippen molar-refractivity contribution in [1.82, 2.24) is 10.5 Å². The van der Waals surface area contributed by atoms with E-state index in [1.807, 2.05) is 0 Å². The summed E-state index contributed by atoms with van der Waals surface area (Å²) in [5, 5.41) is 6.55. The Labute approximate surface area is 124 Å². The summed E-state index contributed by atoms with van der Waals surface area (Å²) in [6.07, 6.45) is 3.30. The molecule has 116 valence electrons. The molecule has 1 N–H and O–H groups in total. The number of aryl methyl sites for hydroxylation is 1. The van der Waals surface area contributed by atoms with Crippen molar-refractivity contribution in [2.24, 2.45) is 11.8 Å². The maximum atomic E-state index is 11.9. The molecule has 1 amide bonds. The van der Waals surface area contributed by atoms with E-state index >= 15 is 0 Å². The minimum atomic E-state index is -0.671. The normalized spacial score (nSPS) is 25.4. The number of hydrogen-bond acceptors (Lipinski definition) is 5. The van der Waals surface area contributed by atoms with Crippen LogP contribution in [0.1, 0.15) is 49.4 Å². The van der Waals surface area contributed by atoms with Crippen molar-refractivity contribution in [3.05, 3.63) is 17.5 Å². The maximum Gasteiger partial charge on any atom is 0.377 e. The highest BCUT2D eigenvalue weighted by atomic mass is 16.6. The van der Waals surface area contributed by atoms with Gasteiger partial charge in [0.25, 0.3) is 5.91 Å². The number of nitrogens with zero attached hydrogens (tertiary/aromatic N) is 1. The molecule has 2 rings (SSSR count). The first-order valence-corrected chi connectivity index (χ1v) is 7.37. The highest BCUT2D eigenvalue weighted by molar-refractivity contribution is 5.88. The molecule has 1 aromatic rings. The van der Waals surface area contributed by atoms with Crippen LogP contribution in [0.5, 0.6) is 0 Å². The van der Waals surface area contributed by atoms with Crippen LogP contribution in [-0.2, 0) is 9.53 Å². The summed E-state index contributed by atoms with van der Waals surface area (Å²) >= 11 is 0. The lowest BCUT2D eigenvalue weighted by Crippen LogP contribution is -2.45. The molecular weight excluding hydrogens is 272 g/mol. The second-order valence-electron chi connectivity index (χ2n) is 5.85. The van der Waals surface area contributed by atoms with Crippen LogP contribution in [0, 0.1) is 18.8 Å². The molecule has 0 radical (unpaired) electrons. The fraction of sp³-hybridized carbons (Fsp3) is 0.667. The van der Waals surface area contributed by atoms with Crippen LogP contribution in [0.3, 0.4) is 0 Å². The minimum absolute atomic E-state index is 0.0138. The van der Waals surface area contributed by atoms with Crippen LogP contribution in [0.2, 0.25) is 0 Å². The van der Waals surface area contributed by atoms with E-state index in [4.69, 9.17) is 9.26 Å². The monoisotopic (exact) mass is 294 g/mol. The fourth-order valence-electron chi connectivity index (χ4n) is 2.70. The first-order chi connectivity index (χ1) is 9.97. The number of nitrogens with one attached hydrogen (secondary N) is 1. The average Bonchev–Trinajstić information content (AvgIpc) is 2.88. The van der Waals surface area contributed by atoms with Gasteiger partial charge in [-0.05, 0) is 25.2 Å². The van der Waals surface area contributed by atoms with E-state index in [1.54, 1.807) is 6.92 Å². The molecule has 0 saturated heterocycles. The van der Waals surface area contributed by atoms with Crippen molar-refractivity contribution in [2.45, 2.75) is 46.1 Å². The number of carbonyl (C=O) groups is 2. The summed E-state index contributed by atoms with van der Waals surface area (Å²) in [7, 11) is 0. The van der Waals surface area contributed by atoms with Gasteiger partial charge in [-0.15, -0.1) is 0 Å². The third kappa shape index (κ3) is 4.06. The van der Waals surface area contributed by atoms with E-state index in [1.165, 1.54) is 12.5 Å². The summed E-state index contributed by atoms with van der Waals surface area (Å²) in [5.41, 5.74) is 0.594. The van der Waals surface area contributed by atoms with Crippen LogP contribution in [0.4, 0.5) is 0 Å². The van der Waals surface area contributed by atoms with Crippen LogP contribution < -0.4 is 5.32 Å². The van der Waals surface area contributed by atoms with Gasteiger partial charge < -0.3 is 14.6 Å². The Balaban J connectivity index is 1.78. The standard InChI is InChI=1S/C15H22N2O4/c1-9-5-4-6-12(11(9)3)16-14(18)8-20-15(19)13-7-10(2)17-21-13/h7,9,11-12H,4-6,8H2,1-3H3,(H,16,18)/t9-,11+,12-/m1/s1. The van der Waals surface area contributed by atoms with Gasteiger partial charge in [0.2, 0.25) is 5.76 Å². The smallest absolute Gasteiger partial charge is 0.377 e. The molecule has 1 saturated carbocycles. The van der Waals surface area contributed by atoms with E-state index in [9.17, 15) is 9.59 Å². The number of amides is 1. The second kappa shape index (κ2) is 6.74. The zero-order valence-corrected chi connectivity index (χ0v) is 12.7. The lowest BCUT2D eigenvalue weighted by molar-refractivity contribution is -0.125. The van der Waals surface area contributed by atoms with Gasteiger partial charge >= 0.3 is 5.97 Å².